The number of para-hydroxylation sites is 2. The van der Waals surface area contributed by atoms with Gasteiger partial charge in [0.1, 0.15) is 0 Å². The molecule has 0 saturated carbocycles. The number of hydrogen-bond acceptors (Lipinski definition) is 2. The first-order chi connectivity index (χ1) is 25.8. The molecular formula is C50H40N2. The smallest absolute Gasteiger partial charge is 0.0459 e. The van der Waals surface area contributed by atoms with E-state index in [1.165, 1.54) is 38.5 Å². The fourth-order valence-electron chi connectivity index (χ4n) is 8.10. The van der Waals surface area contributed by atoms with Gasteiger partial charge >= 0.3 is 0 Å². The third kappa shape index (κ3) is 5.93. The molecular weight excluding hydrogens is 629 g/mol. The molecule has 0 fully saturated rings. The van der Waals surface area contributed by atoms with E-state index in [0.717, 1.165) is 29.2 Å². The Kier molecular flexibility index (Phi) is 8.56. The summed E-state index contributed by atoms with van der Waals surface area (Å²) >= 11 is 0. The van der Waals surface area contributed by atoms with Crippen LogP contribution in [0.15, 0.2) is 212 Å². The van der Waals surface area contributed by atoms with E-state index in [1.54, 1.807) is 0 Å². The highest BCUT2D eigenvalue weighted by molar-refractivity contribution is 5.89. The molecule has 2 nitrogen and oxygen atoms in total. The van der Waals surface area contributed by atoms with Crippen LogP contribution < -0.4 is 20.2 Å². The van der Waals surface area contributed by atoms with Crippen LogP contribution in [-0.2, 0) is 0 Å². The van der Waals surface area contributed by atoms with E-state index in [-0.39, 0.29) is 11.8 Å². The maximum atomic E-state index is 2.50. The van der Waals surface area contributed by atoms with E-state index >= 15 is 0 Å². The molecule has 3 aliphatic rings. The van der Waals surface area contributed by atoms with Gasteiger partial charge in [-0.2, -0.15) is 0 Å². The van der Waals surface area contributed by atoms with Crippen LogP contribution in [0.3, 0.4) is 0 Å². The number of hydrogen-bond donors (Lipinski definition) is 0. The van der Waals surface area contributed by atoms with Crippen molar-refractivity contribution in [2.24, 2.45) is 11.8 Å². The fourth-order valence-corrected chi connectivity index (χ4v) is 8.10. The average molecular weight is 669 g/mol. The Bertz CT molecular complexity index is 2420. The molecule has 0 radical (unpaired) electrons. The second-order valence-corrected chi connectivity index (χ2v) is 13.6. The van der Waals surface area contributed by atoms with E-state index in [2.05, 4.69) is 222 Å². The minimum absolute atomic E-state index is 0.0913. The predicted octanol–water partition coefficient (Wildman–Crippen LogP) is 11.2. The SMILES string of the molecule is C1=CCC(c2ccc(N(C3=c4ccccc4=C(N(c4ccccc4)c4ccc(-c5ccccc5)cc4)C4C=CC=CC34)c3ccccc3)cc2)C=C1. The van der Waals surface area contributed by atoms with Gasteiger partial charge in [0.05, 0.1) is 0 Å². The quantitative estimate of drug-likeness (QED) is 0.159. The minimum atomic E-state index is 0.0913. The maximum absolute atomic E-state index is 2.50. The lowest BCUT2D eigenvalue weighted by atomic mass is 9.77. The molecule has 0 saturated heterocycles. The van der Waals surface area contributed by atoms with Crippen molar-refractivity contribution in [1.82, 2.24) is 0 Å². The van der Waals surface area contributed by atoms with Crippen LogP contribution >= 0.6 is 0 Å². The van der Waals surface area contributed by atoms with Crippen LogP contribution in [0.4, 0.5) is 22.7 Å². The van der Waals surface area contributed by atoms with Gasteiger partial charge in [0, 0.05) is 62.3 Å². The van der Waals surface area contributed by atoms with Gasteiger partial charge in [-0.25, -0.2) is 0 Å². The van der Waals surface area contributed by atoms with Crippen LogP contribution in [0.5, 0.6) is 0 Å². The van der Waals surface area contributed by atoms with Crippen molar-refractivity contribution in [1.29, 1.82) is 0 Å². The number of rotatable bonds is 8. The molecule has 0 heterocycles. The van der Waals surface area contributed by atoms with Gasteiger partial charge < -0.3 is 9.80 Å². The molecule has 6 aromatic rings. The van der Waals surface area contributed by atoms with Crippen molar-refractivity contribution in [3.63, 3.8) is 0 Å². The highest BCUT2D eigenvalue weighted by Gasteiger charge is 2.37. The third-order valence-corrected chi connectivity index (χ3v) is 10.5. The number of nitrogens with zero attached hydrogens (tertiary/aromatic N) is 2. The van der Waals surface area contributed by atoms with Crippen LogP contribution in [-0.4, -0.2) is 0 Å². The Morgan fingerprint density at radius 1 is 0.365 bits per heavy atom. The van der Waals surface area contributed by atoms with Gasteiger partial charge in [-0.3, -0.25) is 0 Å². The molecule has 3 atom stereocenters. The van der Waals surface area contributed by atoms with E-state index in [4.69, 9.17) is 0 Å². The van der Waals surface area contributed by atoms with Crippen molar-refractivity contribution in [2.75, 3.05) is 9.80 Å². The van der Waals surface area contributed by atoms with Crippen molar-refractivity contribution in [3.8, 4) is 11.1 Å². The van der Waals surface area contributed by atoms with Crippen molar-refractivity contribution >= 4 is 34.1 Å². The fraction of sp³-hybridized carbons (Fsp3) is 0.0800. The Hall–Kier alpha value is -6.38. The first-order valence-corrected chi connectivity index (χ1v) is 18.3. The molecule has 3 unspecified atom stereocenters. The molecule has 0 bridgehead atoms. The number of allylic oxidation sites excluding steroid dienone is 6. The highest BCUT2D eigenvalue weighted by Crippen LogP contribution is 2.45. The molecule has 6 aromatic carbocycles. The summed E-state index contributed by atoms with van der Waals surface area (Å²) < 4.78 is 0. The molecule has 0 aliphatic heterocycles. The summed E-state index contributed by atoms with van der Waals surface area (Å²) in [7, 11) is 0. The normalized spacial score (nSPS) is 18.5. The zero-order chi connectivity index (χ0) is 34.7. The molecule has 9 rings (SSSR count). The Morgan fingerprint density at radius 3 is 1.29 bits per heavy atom. The summed E-state index contributed by atoms with van der Waals surface area (Å²) in [4.78, 5) is 4.98. The lowest BCUT2D eigenvalue weighted by molar-refractivity contribution is 0.661. The minimum Gasteiger partial charge on any atom is -0.313 e. The number of fused-ring (bicyclic) bond motifs is 2. The standard InChI is InChI=1S/C50H40N2/c1-5-17-37(18-6-1)39-29-33-43(34-30-39)51(41-21-9-3-10-22-41)49-45-25-13-15-27-47(45)50(48-28-16-14-26-46(48)49)52(42-23-11-4-12-24-42)44-35-31-40(32-36-44)38-19-7-2-8-20-38/h1-19,21-36,38,45,47H,20H2. The first-order valence-electron chi connectivity index (χ1n) is 18.3. The molecule has 2 heteroatoms. The summed E-state index contributed by atoms with van der Waals surface area (Å²) in [6.07, 6.45) is 19.2. The third-order valence-electron chi connectivity index (χ3n) is 10.5. The molecule has 0 aromatic heterocycles. The Balaban J connectivity index is 1.27. The van der Waals surface area contributed by atoms with Crippen molar-refractivity contribution < 1.29 is 0 Å². The molecule has 52 heavy (non-hydrogen) atoms. The van der Waals surface area contributed by atoms with E-state index in [1.807, 2.05) is 0 Å². The zero-order valence-electron chi connectivity index (χ0n) is 29.0. The molecule has 0 N–H and O–H groups in total. The molecule has 0 spiro atoms. The second kappa shape index (κ2) is 14.1. The maximum Gasteiger partial charge on any atom is 0.0459 e. The molecule has 250 valence electrons. The van der Waals surface area contributed by atoms with Crippen LogP contribution in [0.25, 0.3) is 22.5 Å². The first kappa shape index (κ1) is 31.6. The molecule has 3 aliphatic carbocycles. The van der Waals surface area contributed by atoms with Gasteiger partial charge in [0.2, 0.25) is 0 Å². The number of benzene rings is 6. The van der Waals surface area contributed by atoms with Gasteiger partial charge in [-0.1, -0.05) is 164 Å². The highest BCUT2D eigenvalue weighted by atomic mass is 15.2. The molecule has 0 amide bonds. The monoisotopic (exact) mass is 668 g/mol. The van der Waals surface area contributed by atoms with Gasteiger partial charge in [-0.05, 0) is 71.6 Å². The van der Waals surface area contributed by atoms with Crippen molar-refractivity contribution in [3.05, 3.63) is 228 Å². The van der Waals surface area contributed by atoms with Crippen LogP contribution in [0.1, 0.15) is 17.9 Å². The summed E-state index contributed by atoms with van der Waals surface area (Å²) in [5, 5.41) is 2.49. The lowest BCUT2D eigenvalue weighted by Crippen LogP contribution is -2.47. The van der Waals surface area contributed by atoms with Crippen LogP contribution in [0, 0.1) is 11.8 Å². The van der Waals surface area contributed by atoms with Gasteiger partial charge in [0.25, 0.3) is 0 Å². The second-order valence-electron chi connectivity index (χ2n) is 13.6. The summed E-state index contributed by atoms with van der Waals surface area (Å²) in [6, 6.07) is 59.6. The van der Waals surface area contributed by atoms with E-state index in [0.29, 0.717) is 5.92 Å². The summed E-state index contributed by atoms with van der Waals surface area (Å²) in [5.41, 5.74) is 10.9. The number of anilines is 4. The topological polar surface area (TPSA) is 6.48 Å². The van der Waals surface area contributed by atoms with Gasteiger partial charge in [-0.15, -0.1) is 0 Å². The van der Waals surface area contributed by atoms with Gasteiger partial charge in [0.15, 0.2) is 0 Å². The Labute approximate surface area is 306 Å². The van der Waals surface area contributed by atoms with Crippen molar-refractivity contribution in [2.45, 2.75) is 12.3 Å². The Morgan fingerprint density at radius 2 is 0.788 bits per heavy atom. The summed E-state index contributed by atoms with van der Waals surface area (Å²) in [6.45, 7) is 0. The zero-order valence-corrected chi connectivity index (χ0v) is 29.0. The van der Waals surface area contributed by atoms with E-state index < -0.39 is 0 Å². The van der Waals surface area contributed by atoms with E-state index in [9.17, 15) is 0 Å². The predicted molar refractivity (Wildman–Crippen MR) is 219 cm³/mol. The summed E-state index contributed by atoms with van der Waals surface area (Å²) in [5.74, 6) is 0.593. The lowest BCUT2D eigenvalue weighted by Gasteiger charge is -2.42. The average Bonchev–Trinajstić information content (AvgIpc) is 3.23. The van der Waals surface area contributed by atoms with Crippen LogP contribution in [0.2, 0.25) is 0 Å². The largest absolute Gasteiger partial charge is 0.313 e.